The van der Waals surface area contributed by atoms with Crippen LogP contribution in [-0.4, -0.2) is 51.1 Å². The fourth-order valence-electron chi connectivity index (χ4n) is 4.74. The molecule has 206 valence electrons. The molecule has 0 spiro atoms. The summed E-state index contributed by atoms with van der Waals surface area (Å²) in [4.78, 5) is 34.2. The van der Waals surface area contributed by atoms with Crippen LogP contribution >= 0.6 is 11.6 Å². The van der Waals surface area contributed by atoms with Crippen LogP contribution in [0, 0.1) is 12.8 Å². The van der Waals surface area contributed by atoms with Gasteiger partial charge in [-0.2, -0.15) is 13.2 Å². The molecule has 2 unspecified atom stereocenters. The molecule has 1 amide bonds. The van der Waals surface area contributed by atoms with Crippen molar-refractivity contribution in [2.75, 3.05) is 18.4 Å². The monoisotopic (exact) mass is 560 g/mol. The number of nitrogens with zero attached hydrogens (tertiary/aromatic N) is 3. The molecule has 0 radical (unpaired) electrons. The van der Waals surface area contributed by atoms with Crippen molar-refractivity contribution in [1.82, 2.24) is 14.9 Å². The van der Waals surface area contributed by atoms with Crippen molar-refractivity contribution in [2.45, 2.75) is 44.8 Å². The van der Waals surface area contributed by atoms with Crippen molar-refractivity contribution >= 4 is 29.2 Å². The summed E-state index contributed by atoms with van der Waals surface area (Å²) in [5, 5.41) is 12.9. The number of hydrogen-bond donors (Lipinski definition) is 2. The van der Waals surface area contributed by atoms with Gasteiger partial charge < -0.3 is 15.3 Å². The Morgan fingerprint density at radius 1 is 1.15 bits per heavy atom. The van der Waals surface area contributed by atoms with E-state index >= 15 is 0 Å². The van der Waals surface area contributed by atoms with E-state index in [0.29, 0.717) is 52.6 Å². The predicted octanol–water partition coefficient (Wildman–Crippen LogP) is 6.54. The molecule has 2 N–H and O–H groups in total. The summed E-state index contributed by atoms with van der Waals surface area (Å²) >= 11 is 5.86. The van der Waals surface area contributed by atoms with E-state index in [4.69, 9.17) is 11.6 Å². The number of carbonyl (C=O) groups excluding carboxylic acids is 1. The van der Waals surface area contributed by atoms with Gasteiger partial charge in [-0.3, -0.25) is 9.59 Å². The van der Waals surface area contributed by atoms with Gasteiger partial charge in [-0.15, -0.1) is 0 Å². The van der Waals surface area contributed by atoms with E-state index in [0.717, 1.165) is 5.56 Å². The Balaban J connectivity index is 1.52. The molecular formula is C28H28ClF3N4O3. The van der Waals surface area contributed by atoms with Gasteiger partial charge in [0, 0.05) is 48.7 Å². The first kappa shape index (κ1) is 28.4. The number of rotatable bonds is 8. The second-order valence-corrected chi connectivity index (χ2v) is 10.1. The molecule has 2 aromatic carbocycles. The van der Waals surface area contributed by atoms with E-state index in [1.807, 2.05) is 13.0 Å². The Hall–Kier alpha value is -3.66. The van der Waals surface area contributed by atoms with E-state index < -0.39 is 30.5 Å². The Kier molecular flexibility index (Phi) is 8.74. The van der Waals surface area contributed by atoms with Gasteiger partial charge in [0.05, 0.1) is 17.0 Å². The SMILES string of the molecule is Cc1cc(-c2ncc(Cl)cn2)ccc1C(CCC(F)(F)F)Nc1ccc(C(=O)N2CCCC(C(=O)O)C2)cc1. The van der Waals surface area contributed by atoms with Crippen LogP contribution in [0.25, 0.3) is 11.4 Å². The highest BCUT2D eigenvalue weighted by Crippen LogP contribution is 2.33. The van der Waals surface area contributed by atoms with E-state index in [-0.39, 0.29) is 18.9 Å². The van der Waals surface area contributed by atoms with Crippen LogP contribution in [0.15, 0.2) is 54.9 Å². The molecular weight excluding hydrogens is 533 g/mol. The van der Waals surface area contributed by atoms with Crippen LogP contribution in [0.3, 0.4) is 0 Å². The maximum Gasteiger partial charge on any atom is 0.389 e. The number of aryl methyl sites for hydroxylation is 1. The molecule has 7 nitrogen and oxygen atoms in total. The zero-order valence-electron chi connectivity index (χ0n) is 21.2. The van der Waals surface area contributed by atoms with Gasteiger partial charge in [-0.05, 0) is 67.6 Å². The molecule has 4 rings (SSSR count). The third-order valence-corrected chi connectivity index (χ3v) is 6.97. The first-order valence-corrected chi connectivity index (χ1v) is 12.9. The highest BCUT2D eigenvalue weighted by atomic mass is 35.5. The highest BCUT2D eigenvalue weighted by Gasteiger charge is 2.30. The smallest absolute Gasteiger partial charge is 0.389 e. The number of carboxylic acid groups (broad SMARTS) is 1. The second-order valence-electron chi connectivity index (χ2n) is 9.65. The normalized spacial score (nSPS) is 16.5. The maximum absolute atomic E-state index is 13.2. The first-order valence-electron chi connectivity index (χ1n) is 12.5. The second kappa shape index (κ2) is 12.0. The summed E-state index contributed by atoms with van der Waals surface area (Å²) in [5.41, 5.74) is 3.14. The summed E-state index contributed by atoms with van der Waals surface area (Å²) in [6.45, 7) is 2.46. The van der Waals surface area contributed by atoms with Crippen molar-refractivity contribution in [2.24, 2.45) is 5.92 Å². The van der Waals surface area contributed by atoms with Gasteiger partial charge in [0.15, 0.2) is 5.82 Å². The number of alkyl halides is 3. The molecule has 3 aromatic rings. The lowest BCUT2D eigenvalue weighted by molar-refractivity contribution is -0.143. The standard InChI is InChI=1S/C28H28ClF3N4O3/c1-17-13-19(25-33-14-21(29)15-34-25)6-9-23(17)24(10-11-28(30,31)32)35-22-7-4-18(5-8-22)26(37)36-12-2-3-20(16-36)27(38)39/h4-9,13-15,20,24,35H,2-3,10-12,16H2,1H3,(H,38,39). The van der Waals surface area contributed by atoms with Crippen LogP contribution in [0.2, 0.25) is 5.02 Å². The molecule has 2 atom stereocenters. The molecule has 1 aliphatic heterocycles. The molecule has 0 saturated carbocycles. The Morgan fingerprint density at radius 2 is 1.85 bits per heavy atom. The molecule has 2 heterocycles. The number of amides is 1. The zero-order valence-corrected chi connectivity index (χ0v) is 22.0. The molecule has 11 heteroatoms. The number of aromatic nitrogens is 2. The molecule has 1 fully saturated rings. The predicted molar refractivity (Wildman–Crippen MR) is 142 cm³/mol. The third-order valence-electron chi connectivity index (χ3n) is 6.77. The number of anilines is 1. The molecule has 39 heavy (non-hydrogen) atoms. The molecule has 0 aliphatic carbocycles. The van der Waals surface area contributed by atoms with Crippen molar-refractivity contribution in [3.63, 3.8) is 0 Å². The Labute approximate surface area is 229 Å². The number of aliphatic carboxylic acids is 1. The third kappa shape index (κ3) is 7.47. The van der Waals surface area contributed by atoms with Crippen LogP contribution < -0.4 is 5.32 Å². The van der Waals surface area contributed by atoms with E-state index in [9.17, 15) is 27.9 Å². The minimum atomic E-state index is -4.32. The molecule has 1 aromatic heterocycles. The zero-order chi connectivity index (χ0) is 28.2. The first-order chi connectivity index (χ1) is 18.5. The summed E-state index contributed by atoms with van der Waals surface area (Å²) < 4.78 is 39.5. The fraction of sp³-hybridized carbons (Fsp3) is 0.357. The quantitative estimate of drug-likeness (QED) is 0.325. The van der Waals surface area contributed by atoms with E-state index in [1.54, 1.807) is 36.4 Å². The van der Waals surface area contributed by atoms with Gasteiger partial charge in [-0.1, -0.05) is 23.7 Å². The van der Waals surface area contributed by atoms with Crippen molar-refractivity contribution in [3.05, 3.63) is 76.6 Å². The number of piperidine rings is 1. The number of hydrogen-bond acceptors (Lipinski definition) is 5. The lowest BCUT2D eigenvalue weighted by Crippen LogP contribution is -2.42. The maximum atomic E-state index is 13.2. The number of carboxylic acids is 1. The molecule has 0 bridgehead atoms. The topological polar surface area (TPSA) is 95.4 Å². The number of likely N-dealkylation sites (tertiary alicyclic amines) is 1. The van der Waals surface area contributed by atoms with E-state index in [1.165, 1.54) is 17.3 Å². The number of benzene rings is 2. The molecule has 1 saturated heterocycles. The lowest BCUT2D eigenvalue weighted by Gasteiger charge is -2.30. The van der Waals surface area contributed by atoms with E-state index in [2.05, 4.69) is 15.3 Å². The number of halogens is 4. The van der Waals surface area contributed by atoms with Crippen molar-refractivity contribution < 1.29 is 27.9 Å². The molecule has 1 aliphatic rings. The minimum absolute atomic E-state index is 0.157. The largest absolute Gasteiger partial charge is 0.481 e. The van der Waals surface area contributed by atoms with Crippen LogP contribution in [0.5, 0.6) is 0 Å². The number of carbonyl (C=O) groups is 2. The average molecular weight is 561 g/mol. The van der Waals surface area contributed by atoms with Gasteiger partial charge in [0.2, 0.25) is 0 Å². The van der Waals surface area contributed by atoms with Gasteiger partial charge in [-0.25, -0.2) is 9.97 Å². The summed E-state index contributed by atoms with van der Waals surface area (Å²) in [6, 6.07) is 11.2. The van der Waals surface area contributed by atoms with Crippen LogP contribution in [0.1, 0.15) is 53.2 Å². The fourth-order valence-corrected chi connectivity index (χ4v) is 4.83. The minimum Gasteiger partial charge on any atom is -0.481 e. The van der Waals surface area contributed by atoms with Crippen molar-refractivity contribution in [1.29, 1.82) is 0 Å². The summed E-state index contributed by atoms with van der Waals surface area (Å²) in [7, 11) is 0. The Bertz CT molecular complexity index is 1320. The average Bonchev–Trinajstić information content (AvgIpc) is 2.91. The van der Waals surface area contributed by atoms with Crippen LogP contribution in [0.4, 0.5) is 18.9 Å². The summed E-state index contributed by atoms with van der Waals surface area (Å²) in [5.74, 6) is -1.31. The van der Waals surface area contributed by atoms with Crippen LogP contribution in [-0.2, 0) is 4.79 Å². The highest BCUT2D eigenvalue weighted by molar-refractivity contribution is 6.30. The van der Waals surface area contributed by atoms with Gasteiger partial charge in [0.25, 0.3) is 5.91 Å². The Morgan fingerprint density at radius 3 is 2.46 bits per heavy atom. The van der Waals surface area contributed by atoms with Crippen molar-refractivity contribution in [3.8, 4) is 11.4 Å². The van der Waals surface area contributed by atoms with Gasteiger partial charge >= 0.3 is 12.1 Å². The lowest BCUT2D eigenvalue weighted by atomic mass is 9.95. The number of nitrogens with one attached hydrogen (secondary N) is 1. The van der Waals surface area contributed by atoms with Gasteiger partial charge in [0.1, 0.15) is 0 Å². The summed E-state index contributed by atoms with van der Waals surface area (Å²) in [6.07, 6.45) is -1.37.